The Hall–Kier alpha value is -3.41. The highest BCUT2D eigenvalue weighted by molar-refractivity contribution is 7.14. The molecule has 1 saturated heterocycles. The third kappa shape index (κ3) is 3.93. The molecule has 2 aliphatic heterocycles. The van der Waals surface area contributed by atoms with Gasteiger partial charge >= 0.3 is 0 Å². The van der Waals surface area contributed by atoms with Crippen molar-refractivity contribution < 1.29 is 23.1 Å². The minimum atomic E-state index is -1.05. The number of carbonyl (C=O) groups is 1. The third-order valence-electron chi connectivity index (χ3n) is 6.70. The standard InChI is InChI=1S/C24H24F3N5O3S/c1-11(2)32-19-6-12(3)4-5-30(19)31-10-15(21(33)22(34)20(31)24(32)35)23-29-28-18(36-23)9-14-16(26)7-13(25)8-17(14)27/h7-8,10-12,19,34H,4-6,9H2,1-3H3/t12-,19-/m1/s1. The molecule has 0 unspecified atom stereocenters. The number of halogens is 3. The zero-order chi connectivity index (χ0) is 25.9. The SMILES string of the molecule is CC(C)N1C(=O)c2c(O)c(=O)c(-c3nnc(Cc4c(F)cc(F)cc4F)s3)cn2N2CC[C@@H](C)C[C@@H]12. The van der Waals surface area contributed by atoms with Gasteiger partial charge in [-0.15, -0.1) is 10.2 Å². The predicted molar refractivity (Wildman–Crippen MR) is 127 cm³/mol. The number of hydrogen-bond donors (Lipinski definition) is 1. The Balaban J connectivity index is 1.57. The molecule has 1 fully saturated rings. The summed E-state index contributed by atoms with van der Waals surface area (Å²) in [6, 6.07) is 1.03. The number of rotatable bonds is 4. The molecule has 1 aromatic carbocycles. The summed E-state index contributed by atoms with van der Waals surface area (Å²) < 4.78 is 42.9. The van der Waals surface area contributed by atoms with E-state index in [1.54, 1.807) is 4.90 Å². The van der Waals surface area contributed by atoms with E-state index < -0.39 is 34.5 Å². The predicted octanol–water partition coefficient (Wildman–Crippen LogP) is 3.64. The average Bonchev–Trinajstić information content (AvgIpc) is 3.26. The first-order valence-electron chi connectivity index (χ1n) is 11.6. The molecule has 8 nitrogen and oxygen atoms in total. The zero-order valence-electron chi connectivity index (χ0n) is 19.8. The third-order valence-corrected chi connectivity index (χ3v) is 7.65. The highest BCUT2D eigenvalue weighted by Crippen LogP contribution is 2.35. The zero-order valence-corrected chi connectivity index (χ0v) is 20.7. The van der Waals surface area contributed by atoms with Crippen LogP contribution in [0.15, 0.2) is 23.1 Å². The van der Waals surface area contributed by atoms with Gasteiger partial charge in [0.05, 0.1) is 5.56 Å². The lowest BCUT2D eigenvalue weighted by Gasteiger charge is -2.51. The maximum Gasteiger partial charge on any atom is 0.278 e. The summed E-state index contributed by atoms with van der Waals surface area (Å²) in [5, 5.41) is 21.1. The molecule has 0 radical (unpaired) electrons. The number of aromatic nitrogens is 3. The molecule has 190 valence electrons. The Morgan fingerprint density at radius 3 is 2.53 bits per heavy atom. The van der Waals surface area contributed by atoms with Gasteiger partial charge in [0.1, 0.15) is 28.6 Å². The fraction of sp³-hybridized carbons (Fsp3) is 0.417. The van der Waals surface area contributed by atoms with Gasteiger partial charge in [0, 0.05) is 42.9 Å². The molecule has 4 heterocycles. The number of hydrogen-bond acceptors (Lipinski definition) is 7. The summed E-state index contributed by atoms with van der Waals surface area (Å²) in [6.45, 7) is 6.52. The van der Waals surface area contributed by atoms with Gasteiger partial charge in [0.2, 0.25) is 5.43 Å². The molecule has 0 aliphatic carbocycles. The number of carbonyl (C=O) groups excluding carboxylic acids is 1. The van der Waals surface area contributed by atoms with Gasteiger partial charge in [-0.3, -0.25) is 19.3 Å². The second kappa shape index (κ2) is 8.91. The summed E-state index contributed by atoms with van der Waals surface area (Å²) in [7, 11) is 0. The van der Waals surface area contributed by atoms with Crippen LogP contribution in [0.25, 0.3) is 10.6 Å². The van der Waals surface area contributed by atoms with E-state index in [1.165, 1.54) is 10.9 Å². The highest BCUT2D eigenvalue weighted by atomic mass is 32.1. The average molecular weight is 520 g/mol. The maximum absolute atomic E-state index is 14.1. The molecule has 12 heteroatoms. The van der Waals surface area contributed by atoms with Crippen LogP contribution >= 0.6 is 11.3 Å². The van der Waals surface area contributed by atoms with Crippen molar-refractivity contribution in [3.8, 4) is 16.3 Å². The molecule has 0 spiro atoms. The summed E-state index contributed by atoms with van der Waals surface area (Å²) in [4.78, 5) is 28.2. The van der Waals surface area contributed by atoms with Crippen molar-refractivity contribution in [2.24, 2.45) is 5.92 Å². The van der Waals surface area contributed by atoms with Gasteiger partial charge < -0.3 is 10.0 Å². The van der Waals surface area contributed by atoms with E-state index in [9.17, 15) is 27.9 Å². The van der Waals surface area contributed by atoms with Crippen molar-refractivity contribution in [2.75, 3.05) is 11.6 Å². The Labute approximate surface area is 208 Å². The Kier molecular flexibility index (Phi) is 6.01. The normalized spacial score (nSPS) is 19.6. The van der Waals surface area contributed by atoms with Crippen LogP contribution in [0.4, 0.5) is 13.2 Å². The lowest BCUT2D eigenvalue weighted by atomic mass is 9.95. The van der Waals surface area contributed by atoms with Gasteiger partial charge in [-0.25, -0.2) is 13.2 Å². The molecule has 3 aromatic rings. The number of amides is 1. The second-order valence-corrected chi connectivity index (χ2v) is 10.6. The Morgan fingerprint density at radius 1 is 1.17 bits per heavy atom. The molecular formula is C24H24F3N5O3S. The van der Waals surface area contributed by atoms with Gasteiger partial charge in [-0.05, 0) is 32.6 Å². The minimum absolute atomic E-state index is 0.0169. The lowest BCUT2D eigenvalue weighted by Crippen LogP contribution is -2.65. The number of benzene rings is 1. The molecule has 0 saturated carbocycles. The molecule has 1 N–H and O–H groups in total. The second-order valence-electron chi connectivity index (χ2n) is 9.52. The molecule has 0 bridgehead atoms. The number of aromatic hydroxyl groups is 1. The van der Waals surface area contributed by atoms with Crippen molar-refractivity contribution in [3.05, 3.63) is 62.3 Å². The number of nitrogens with zero attached hydrogens (tertiary/aromatic N) is 5. The van der Waals surface area contributed by atoms with Crippen LogP contribution in [0.5, 0.6) is 5.75 Å². The van der Waals surface area contributed by atoms with E-state index in [0.29, 0.717) is 24.6 Å². The van der Waals surface area contributed by atoms with Gasteiger partial charge in [-0.1, -0.05) is 18.3 Å². The van der Waals surface area contributed by atoms with Crippen molar-refractivity contribution in [1.82, 2.24) is 19.8 Å². The summed E-state index contributed by atoms with van der Waals surface area (Å²) in [6.07, 6.45) is 2.55. The van der Waals surface area contributed by atoms with Crippen LogP contribution in [-0.4, -0.2) is 49.5 Å². The molecule has 2 aliphatic rings. The van der Waals surface area contributed by atoms with Gasteiger partial charge in [-0.2, -0.15) is 0 Å². The van der Waals surface area contributed by atoms with Gasteiger partial charge in [0.15, 0.2) is 16.5 Å². The first-order chi connectivity index (χ1) is 17.1. The Morgan fingerprint density at radius 2 is 1.86 bits per heavy atom. The van der Waals surface area contributed by atoms with Crippen LogP contribution in [0.2, 0.25) is 0 Å². The number of piperidine rings is 1. The monoisotopic (exact) mass is 519 g/mol. The van der Waals surface area contributed by atoms with Crippen LogP contribution in [0.3, 0.4) is 0 Å². The Bertz CT molecular complexity index is 1400. The summed E-state index contributed by atoms with van der Waals surface area (Å²) in [5.74, 6) is -3.84. The van der Waals surface area contributed by atoms with E-state index in [-0.39, 0.29) is 45.5 Å². The molecule has 2 atom stereocenters. The van der Waals surface area contributed by atoms with Crippen molar-refractivity contribution in [3.63, 3.8) is 0 Å². The molecule has 36 heavy (non-hydrogen) atoms. The van der Waals surface area contributed by atoms with Crippen molar-refractivity contribution in [2.45, 2.75) is 52.2 Å². The summed E-state index contributed by atoms with van der Waals surface area (Å²) >= 11 is 0.924. The van der Waals surface area contributed by atoms with Crippen LogP contribution in [-0.2, 0) is 6.42 Å². The van der Waals surface area contributed by atoms with E-state index in [4.69, 9.17) is 0 Å². The maximum atomic E-state index is 14.1. The van der Waals surface area contributed by atoms with Crippen molar-refractivity contribution >= 4 is 17.2 Å². The minimum Gasteiger partial charge on any atom is -0.502 e. The van der Waals surface area contributed by atoms with E-state index in [2.05, 4.69) is 17.1 Å². The molecule has 5 rings (SSSR count). The van der Waals surface area contributed by atoms with Crippen LogP contribution in [0, 0.1) is 23.4 Å². The number of fused-ring (bicyclic) bond motifs is 3. The van der Waals surface area contributed by atoms with Crippen LogP contribution < -0.4 is 10.4 Å². The smallest absolute Gasteiger partial charge is 0.278 e. The summed E-state index contributed by atoms with van der Waals surface area (Å²) in [5.41, 5.74) is -1.25. The highest BCUT2D eigenvalue weighted by Gasteiger charge is 2.43. The number of pyridine rings is 1. The first-order valence-corrected chi connectivity index (χ1v) is 12.4. The van der Waals surface area contributed by atoms with Gasteiger partial charge in [0.25, 0.3) is 5.91 Å². The largest absolute Gasteiger partial charge is 0.502 e. The topological polar surface area (TPSA) is 91.6 Å². The fourth-order valence-electron chi connectivity index (χ4n) is 4.92. The van der Waals surface area contributed by atoms with E-state index in [1.807, 2.05) is 18.9 Å². The quantitative estimate of drug-likeness (QED) is 0.566. The molecule has 1 amide bonds. The lowest BCUT2D eigenvalue weighted by molar-refractivity contribution is 0.0387. The van der Waals surface area contributed by atoms with E-state index >= 15 is 0 Å². The fourth-order valence-corrected chi connectivity index (χ4v) is 5.77. The molecular weight excluding hydrogens is 495 g/mol. The van der Waals surface area contributed by atoms with Crippen molar-refractivity contribution in [1.29, 1.82) is 0 Å². The first kappa shape index (κ1) is 24.3. The van der Waals surface area contributed by atoms with E-state index in [0.717, 1.165) is 24.2 Å². The molecule has 2 aromatic heterocycles. The van der Waals surface area contributed by atoms with Crippen LogP contribution in [0.1, 0.15) is 54.7 Å².